The molecule has 162 valence electrons. The van der Waals surface area contributed by atoms with Gasteiger partial charge in [0.25, 0.3) is 5.91 Å². The number of carbonyl (C=O) groups is 1. The van der Waals surface area contributed by atoms with E-state index in [-0.39, 0.29) is 0 Å². The number of morpholine rings is 1. The van der Waals surface area contributed by atoms with Gasteiger partial charge in [-0.2, -0.15) is 0 Å². The van der Waals surface area contributed by atoms with Crippen LogP contribution in [0.25, 0.3) is 33.5 Å². The molecule has 7 nitrogen and oxygen atoms in total. The van der Waals surface area contributed by atoms with Gasteiger partial charge >= 0.3 is 0 Å². The molecule has 0 radical (unpaired) electrons. The fourth-order valence-corrected chi connectivity index (χ4v) is 4.11. The summed E-state index contributed by atoms with van der Waals surface area (Å²) in [5.74, 6) is 0.202. The highest BCUT2D eigenvalue weighted by Gasteiger charge is 2.17. The first kappa shape index (κ1) is 20.4. The number of aromatic amines is 1. The van der Waals surface area contributed by atoms with Crippen LogP contribution >= 0.6 is 0 Å². The number of imidazole rings is 1. The molecule has 32 heavy (non-hydrogen) atoms. The van der Waals surface area contributed by atoms with Gasteiger partial charge in [-0.1, -0.05) is 42.5 Å². The molecule has 0 saturated carbocycles. The van der Waals surface area contributed by atoms with E-state index in [1.54, 1.807) is 23.7 Å². The first-order valence-electron chi connectivity index (χ1n) is 10.6. The molecule has 3 aromatic carbocycles. The minimum absolute atomic E-state index is 0.364. The summed E-state index contributed by atoms with van der Waals surface area (Å²) in [4.78, 5) is 22.3. The van der Waals surface area contributed by atoms with Crippen molar-refractivity contribution >= 4 is 16.9 Å². The lowest BCUT2D eigenvalue weighted by molar-refractivity contribution is 0.0342. The zero-order valence-corrected chi connectivity index (χ0v) is 17.5. The molecule has 0 spiro atoms. The molecule has 0 unspecified atom stereocenters. The van der Waals surface area contributed by atoms with Gasteiger partial charge in [-0.25, -0.2) is 10.5 Å². The van der Waals surface area contributed by atoms with E-state index < -0.39 is 5.91 Å². The number of hydroxylamine groups is 1. The molecule has 0 bridgehead atoms. The lowest BCUT2D eigenvalue weighted by atomic mass is 9.98. The molecular formula is C25H24N4O3. The van der Waals surface area contributed by atoms with Gasteiger partial charge in [0.05, 0.1) is 24.2 Å². The van der Waals surface area contributed by atoms with E-state index in [1.807, 2.05) is 18.2 Å². The van der Waals surface area contributed by atoms with Gasteiger partial charge in [0.2, 0.25) is 0 Å². The van der Waals surface area contributed by atoms with Crippen LogP contribution in [-0.2, 0) is 11.3 Å². The molecule has 1 saturated heterocycles. The highest BCUT2D eigenvalue weighted by atomic mass is 16.5. The Morgan fingerprint density at radius 3 is 2.62 bits per heavy atom. The van der Waals surface area contributed by atoms with Crippen molar-refractivity contribution in [1.82, 2.24) is 20.3 Å². The predicted molar refractivity (Wildman–Crippen MR) is 122 cm³/mol. The Morgan fingerprint density at radius 2 is 1.84 bits per heavy atom. The van der Waals surface area contributed by atoms with Crippen molar-refractivity contribution in [2.45, 2.75) is 6.54 Å². The fourth-order valence-electron chi connectivity index (χ4n) is 4.11. The number of nitrogens with zero attached hydrogens (tertiary/aromatic N) is 2. The van der Waals surface area contributed by atoms with Crippen molar-refractivity contribution in [3.8, 4) is 22.5 Å². The number of ether oxygens (including phenoxy) is 1. The second kappa shape index (κ2) is 8.92. The Hall–Kier alpha value is -3.52. The number of carbonyl (C=O) groups excluding carboxylic acids is 1. The number of aromatic nitrogens is 2. The van der Waals surface area contributed by atoms with Crippen LogP contribution in [-0.4, -0.2) is 52.3 Å². The van der Waals surface area contributed by atoms with Gasteiger partial charge < -0.3 is 9.72 Å². The summed E-state index contributed by atoms with van der Waals surface area (Å²) in [6.45, 7) is 4.08. The molecule has 2 heterocycles. The number of hydrogen-bond donors (Lipinski definition) is 3. The van der Waals surface area contributed by atoms with E-state index >= 15 is 0 Å². The van der Waals surface area contributed by atoms with E-state index in [0.717, 1.165) is 60.8 Å². The maximum Gasteiger partial charge on any atom is 0.274 e. The third-order valence-corrected chi connectivity index (χ3v) is 5.81. The van der Waals surface area contributed by atoms with Crippen LogP contribution in [0.4, 0.5) is 0 Å². The zero-order chi connectivity index (χ0) is 21.9. The summed E-state index contributed by atoms with van der Waals surface area (Å²) in [7, 11) is 0. The zero-order valence-electron chi connectivity index (χ0n) is 17.5. The third kappa shape index (κ3) is 4.13. The van der Waals surface area contributed by atoms with Gasteiger partial charge in [-0.3, -0.25) is 14.9 Å². The molecule has 4 aromatic rings. The van der Waals surface area contributed by atoms with E-state index in [1.165, 1.54) is 11.1 Å². The van der Waals surface area contributed by atoms with Gasteiger partial charge in [-0.05, 0) is 41.0 Å². The highest BCUT2D eigenvalue weighted by Crippen LogP contribution is 2.30. The highest BCUT2D eigenvalue weighted by molar-refractivity contribution is 5.97. The molecule has 1 amide bonds. The Labute approximate surface area is 185 Å². The standard InChI is InChI=1S/C25H24N4O3/c30-25(28-31)19-7-9-22-23(15-19)27-24(26-22)21-8-6-18(17-4-2-1-3-5-17)14-20(21)16-29-10-12-32-13-11-29/h1-9,14-15,31H,10-13,16H2,(H,26,27)(H,28,30). The predicted octanol–water partition coefficient (Wildman–Crippen LogP) is 3.85. The summed E-state index contributed by atoms with van der Waals surface area (Å²) in [6.07, 6.45) is 0. The maximum atomic E-state index is 11.8. The van der Waals surface area contributed by atoms with E-state index in [2.05, 4.69) is 40.2 Å². The topological polar surface area (TPSA) is 90.5 Å². The quantitative estimate of drug-likeness (QED) is 0.332. The van der Waals surface area contributed by atoms with Crippen LogP contribution in [0.15, 0.2) is 66.7 Å². The average molecular weight is 428 g/mol. The number of amides is 1. The number of hydrogen-bond acceptors (Lipinski definition) is 5. The summed E-state index contributed by atoms with van der Waals surface area (Å²) in [5, 5.41) is 8.92. The minimum atomic E-state index is -0.553. The van der Waals surface area contributed by atoms with Crippen LogP contribution in [0.1, 0.15) is 15.9 Å². The number of benzene rings is 3. The van der Waals surface area contributed by atoms with Gasteiger partial charge in [-0.15, -0.1) is 0 Å². The van der Waals surface area contributed by atoms with Crippen molar-refractivity contribution in [2.24, 2.45) is 0 Å². The van der Waals surface area contributed by atoms with E-state index in [4.69, 9.17) is 14.9 Å². The number of nitrogens with one attached hydrogen (secondary N) is 2. The average Bonchev–Trinajstić information content (AvgIpc) is 3.28. The maximum absolute atomic E-state index is 11.8. The lowest BCUT2D eigenvalue weighted by Crippen LogP contribution is -2.35. The first-order valence-corrected chi connectivity index (χ1v) is 10.6. The van der Waals surface area contributed by atoms with Crippen LogP contribution in [0.3, 0.4) is 0 Å². The number of fused-ring (bicyclic) bond motifs is 1. The van der Waals surface area contributed by atoms with E-state index in [0.29, 0.717) is 5.56 Å². The Kier molecular flexibility index (Phi) is 5.68. The number of rotatable bonds is 5. The second-order valence-corrected chi connectivity index (χ2v) is 7.88. The van der Waals surface area contributed by atoms with Crippen LogP contribution < -0.4 is 5.48 Å². The summed E-state index contributed by atoms with van der Waals surface area (Å²) in [6, 6.07) is 21.9. The molecule has 0 atom stereocenters. The minimum Gasteiger partial charge on any atom is -0.379 e. The van der Waals surface area contributed by atoms with Crippen molar-refractivity contribution in [2.75, 3.05) is 26.3 Å². The van der Waals surface area contributed by atoms with Crippen LogP contribution in [0.5, 0.6) is 0 Å². The summed E-state index contributed by atoms with van der Waals surface area (Å²) in [5.41, 5.74) is 8.08. The Morgan fingerprint density at radius 1 is 1.03 bits per heavy atom. The fraction of sp³-hybridized carbons (Fsp3) is 0.200. The molecule has 0 aliphatic carbocycles. The summed E-state index contributed by atoms with van der Waals surface area (Å²) >= 11 is 0. The second-order valence-electron chi connectivity index (χ2n) is 7.88. The van der Waals surface area contributed by atoms with Gasteiger partial charge in [0.1, 0.15) is 5.82 Å². The molecule has 7 heteroatoms. The van der Waals surface area contributed by atoms with Crippen LogP contribution in [0, 0.1) is 0 Å². The SMILES string of the molecule is O=C(NO)c1ccc2nc(-c3ccc(-c4ccccc4)cc3CN3CCOCC3)[nH]c2c1. The molecule has 3 N–H and O–H groups in total. The van der Waals surface area contributed by atoms with E-state index in [9.17, 15) is 4.79 Å². The van der Waals surface area contributed by atoms with Crippen molar-refractivity contribution in [1.29, 1.82) is 0 Å². The monoisotopic (exact) mass is 428 g/mol. The molecule has 5 rings (SSSR count). The molecule has 1 aromatic heterocycles. The molecule has 1 aliphatic heterocycles. The number of H-pyrrole nitrogens is 1. The Bertz CT molecular complexity index is 1250. The van der Waals surface area contributed by atoms with Gasteiger partial charge in [0, 0.05) is 30.8 Å². The molecule has 1 fully saturated rings. The van der Waals surface area contributed by atoms with Crippen molar-refractivity contribution < 1.29 is 14.7 Å². The van der Waals surface area contributed by atoms with Crippen molar-refractivity contribution in [3.05, 3.63) is 77.9 Å². The molecular weight excluding hydrogens is 404 g/mol. The summed E-state index contributed by atoms with van der Waals surface area (Å²) < 4.78 is 5.51. The molecule has 1 aliphatic rings. The lowest BCUT2D eigenvalue weighted by Gasteiger charge is -2.27. The van der Waals surface area contributed by atoms with Crippen LogP contribution in [0.2, 0.25) is 0 Å². The van der Waals surface area contributed by atoms with Crippen molar-refractivity contribution in [3.63, 3.8) is 0 Å². The Balaban J connectivity index is 1.56. The normalized spacial score (nSPS) is 14.5. The smallest absolute Gasteiger partial charge is 0.274 e. The van der Waals surface area contributed by atoms with Gasteiger partial charge in [0.15, 0.2) is 0 Å². The third-order valence-electron chi connectivity index (χ3n) is 5.81. The largest absolute Gasteiger partial charge is 0.379 e. The first-order chi connectivity index (χ1) is 15.7.